The van der Waals surface area contributed by atoms with Crippen LogP contribution < -0.4 is 24.9 Å². The van der Waals surface area contributed by atoms with Gasteiger partial charge in [-0.15, -0.1) is 0 Å². The summed E-state index contributed by atoms with van der Waals surface area (Å²) in [5.41, 5.74) is 0.577. The number of benzene rings is 2. The number of ether oxygens (including phenoxy) is 2. The summed E-state index contributed by atoms with van der Waals surface area (Å²) in [6.45, 7) is 0.431. The highest BCUT2D eigenvalue weighted by molar-refractivity contribution is 7.69. The van der Waals surface area contributed by atoms with E-state index < -0.39 is 80.6 Å². The number of allylic oxidation sites excluding steroid dienone is 1. The molecule has 0 radical (unpaired) electrons. The first-order valence-corrected chi connectivity index (χ1v) is 19.1. The summed E-state index contributed by atoms with van der Waals surface area (Å²) in [7, 11) is -24.2. The maximum absolute atomic E-state index is 12.5. The third-order valence-electron chi connectivity index (χ3n) is 6.63. The van der Waals surface area contributed by atoms with Crippen LogP contribution in [0.25, 0.3) is 10.8 Å². The fourth-order valence-corrected chi connectivity index (χ4v) is 10.2. The smallest absolute Gasteiger partial charge is 0.326 e. The van der Waals surface area contributed by atoms with Gasteiger partial charge in [-0.1, -0.05) is 42.5 Å². The van der Waals surface area contributed by atoms with E-state index in [-0.39, 0.29) is 5.56 Å². The maximum Gasteiger partial charge on any atom is 0.326 e. The SMILES string of the molecule is CC1=CC2=CN([C@@H]3O[C@H](COP(=O)([O-])OP(=O)([O-])OP(=O)([O-])OP(=O)([O-])Cc4cccc5ccccc45)C(O)[C@@H]3O)C(=O)NC2O1. The Kier molecular flexibility index (Phi) is 9.89. The molecule has 6 unspecified atom stereocenters. The fourth-order valence-electron chi connectivity index (χ4n) is 4.79. The number of carbonyl (C=O) groups is 1. The molecule has 9 atom stereocenters. The number of fused-ring (bicyclic) bond motifs is 2. The molecule has 0 aromatic heterocycles. The topological polar surface area (TPSA) is 289 Å². The molecule has 0 bridgehead atoms. The molecule has 46 heavy (non-hydrogen) atoms. The first-order valence-electron chi connectivity index (χ1n) is 13.0. The van der Waals surface area contributed by atoms with E-state index in [1.54, 1.807) is 43.3 Å². The lowest BCUT2D eigenvalue weighted by Crippen LogP contribution is -2.54. The second-order valence-electron chi connectivity index (χ2n) is 10.1. The highest BCUT2D eigenvalue weighted by atomic mass is 31.3. The summed E-state index contributed by atoms with van der Waals surface area (Å²) in [4.78, 5) is 62.2. The quantitative estimate of drug-likeness (QED) is 0.242. The van der Waals surface area contributed by atoms with E-state index in [0.717, 1.165) is 4.90 Å². The van der Waals surface area contributed by atoms with Gasteiger partial charge in [0.2, 0.25) is 6.23 Å². The van der Waals surface area contributed by atoms with Gasteiger partial charge in [-0.3, -0.25) is 28.2 Å². The van der Waals surface area contributed by atoms with Crippen LogP contribution in [0.4, 0.5) is 4.79 Å². The lowest BCUT2D eigenvalue weighted by Gasteiger charge is -2.37. The van der Waals surface area contributed by atoms with E-state index in [1.165, 1.54) is 18.3 Å². The molecule has 3 aliphatic heterocycles. The molecule has 2 aromatic rings. The molecular weight excluding hydrogens is 700 g/mol. The van der Waals surface area contributed by atoms with E-state index >= 15 is 0 Å². The van der Waals surface area contributed by atoms with Gasteiger partial charge in [0.1, 0.15) is 25.9 Å². The summed E-state index contributed by atoms with van der Waals surface area (Å²) in [6, 6.07) is 10.2. The van der Waals surface area contributed by atoms with Gasteiger partial charge in [-0.05, 0) is 29.3 Å². The van der Waals surface area contributed by atoms with Crippen molar-refractivity contribution >= 4 is 47.9 Å². The third kappa shape index (κ3) is 8.23. The van der Waals surface area contributed by atoms with Crippen LogP contribution in [0.1, 0.15) is 12.5 Å². The van der Waals surface area contributed by atoms with Gasteiger partial charge in [0.05, 0.1) is 12.4 Å². The van der Waals surface area contributed by atoms with Gasteiger partial charge in [-0.25, -0.2) is 13.4 Å². The number of nitrogens with one attached hydrogen (secondary N) is 1. The zero-order valence-electron chi connectivity index (χ0n) is 23.3. The van der Waals surface area contributed by atoms with E-state index in [0.29, 0.717) is 22.1 Å². The molecule has 252 valence electrons. The highest BCUT2D eigenvalue weighted by Crippen LogP contribution is 2.67. The van der Waals surface area contributed by atoms with Gasteiger partial charge in [-0.2, -0.15) is 0 Å². The van der Waals surface area contributed by atoms with E-state index in [1.807, 2.05) is 0 Å². The minimum atomic E-state index is -6.44. The maximum atomic E-state index is 12.5. The molecule has 2 aromatic carbocycles. The minimum Gasteiger partial charge on any atom is -0.778 e. The Morgan fingerprint density at radius 2 is 1.57 bits per heavy atom. The van der Waals surface area contributed by atoms with E-state index in [2.05, 4.69) is 22.8 Å². The number of phosphoric acid groups is 3. The van der Waals surface area contributed by atoms with Crippen molar-refractivity contribution in [2.75, 3.05) is 6.61 Å². The van der Waals surface area contributed by atoms with Gasteiger partial charge in [0.25, 0.3) is 23.5 Å². The number of aliphatic hydroxyl groups is 2. The van der Waals surface area contributed by atoms with E-state index in [4.69, 9.17) is 9.47 Å². The average Bonchev–Trinajstić information content (AvgIpc) is 3.42. The largest absolute Gasteiger partial charge is 0.778 e. The van der Waals surface area contributed by atoms with Crippen LogP contribution in [0.15, 0.2) is 66.1 Å². The molecular formula is C23H24N2O17P4-4. The number of hydrogen-bond acceptors (Lipinski definition) is 17. The zero-order valence-corrected chi connectivity index (χ0v) is 26.8. The van der Waals surface area contributed by atoms with Gasteiger partial charge < -0.3 is 48.3 Å². The van der Waals surface area contributed by atoms with Crippen LogP contribution in [0.5, 0.6) is 0 Å². The zero-order chi connectivity index (χ0) is 33.7. The Morgan fingerprint density at radius 3 is 2.30 bits per heavy atom. The average molecular weight is 724 g/mol. The molecule has 19 nitrogen and oxygen atoms in total. The number of phosphoric ester groups is 1. The number of rotatable bonds is 12. The number of nitrogens with zero attached hydrogens (tertiary/aromatic N) is 1. The molecule has 3 aliphatic rings. The molecule has 5 rings (SSSR count). The molecule has 23 heteroatoms. The summed E-state index contributed by atoms with van der Waals surface area (Å²) >= 11 is 0. The predicted molar refractivity (Wildman–Crippen MR) is 145 cm³/mol. The van der Waals surface area contributed by atoms with Gasteiger partial charge in [0.15, 0.2) is 6.23 Å². The number of carbonyl (C=O) groups excluding carboxylic acids is 1. The monoisotopic (exact) mass is 724 g/mol. The standard InChI is InChI=1S/C23H28N2O17P4/c1-13-9-16-10-25(23(28)24-21(16)38-13)22-20(27)19(26)18(39-22)11-37-44(31,32)41-46(35,36)42-45(33,34)40-43(29,30)12-15-7-4-6-14-5-2-3-8-17(14)15/h2-10,18-22,26-27H,11-12H2,1H3,(H,24,28)(H,29,30)(H,31,32)(H,33,34)(H,35,36)/p-4/t18-,19?,20+,21?,22-/m1/s1. The number of aliphatic hydroxyl groups excluding tert-OH is 2. The fraction of sp³-hybridized carbons (Fsp3) is 0.348. The first kappa shape index (κ1) is 35.0. The summed E-state index contributed by atoms with van der Waals surface area (Å²) in [6.07, 6.45) is -5.88. The van der Waals surface area contributed by atoms with E-state index in [9.17, 15) is 52.8 Å². The lowest BCUT2D eigenvalue weighted by molar-refractivity contribution is -0.251. The van der Waals surface area contributed by atoms with Crippen LogP contribution in [0.3, 0.4) is 0 Å². The van der Waals surface area contributed by atoms with Gasteiger partial charge in [0, 0.05) is 17.9 Å². The minimum absolute atomic E-state index is 0.111. The Morgan fingerprint density at radius 1 is 0.913 bits per heavy atom. The molecule has 3 N–H and O–H groups in total. The van der Waals surface area contributed by atoms with Crippen molar-refractivity contribution in [3.63, 3.8) is 0 Å². The molecule has 0 aliphatic carbocycles. The van der Waals surface area contributed by atoms with Crippen molar-refractivity contribution in [2.45, 2.75) is 43.9 Å². The Bertz CT molecular complexity index is 1780. The Hall–Kier alpha value is -2.27. The molecule has 2 amide bonds. The highest BCUT2D eigenvalue weighted by Gasteiger charge is 2.48. The number of urea groups is 1. The lowest BCUT2D eigenvalue weighted by atomic mass is 10.1. The van der Waals surface area contributed by atoms with Crippen LogP contribution >= 0.6 is 31.1 Å². The Balaban J connectivity index is 1.17. The van der Waals surface area contributed by atoms with Crippen molar-refractivity contribution in [2.24, 2.45) is 0 Å². The molecule has 3 heterocycles. The second-order valence-corrected chi connectivity index (χ2v) is 16.5. The van der Waals surface area contributed by atoms with Crippen molar-refractivity contribution in [1.82, 2.24) is 10.2 Å². The van der Waals surface area contributed by atoms with Crippen LogP contribution in [0.2, 0.25) is 0 Å². The van der Waals surface area contributed by atoms with Gasteiger partial charge >= 0.3 is 6.03 Å². The third-order valence-corrected chi connectivity index (χ3v) is 12.8. The van der Waals surface area contributed by atoms with Crippen LogP contribution in [0, 0.1) is 0 Å². The molecule has 0 spiro atoms. The predicted octanol–water partition coefficient (Wildman–Crippen LogP) is -0.0193. The normalized spacial score (nSPS) is 29.8. The second kappa shape index (κ2) is 13.0. The summed E-state index contributed by atoms with van der Waals surface area (Å²) < 4.78 is 75.3. The molecule has 1 fully saturated rings. The van der Waals surface area contributed by atoms with Crippen LogP contribution in [-0.2, 0) is 51.4 Å². The molecule has 0 saturated carbocycles. The molecule has 1 saturated heterocycles. The van der Waals surface area contributed by atoms with Crippen molar-refractivity contribution in [3.05, 3.63) is 71.6 Å². The number of amides is 2. The summed E-state index contributed by atoms with van der Waals surface area (Å²) in [5.74, 6) is 0.478. The summed E-state index contributed by atoms with van der Waals surface area (Å²) in [5, 5.41) is 24.3. The number of hydrogen-bond donors (Lipinski definition) is 3. The van der Waals surface area contributed by atoms with Crippen molar-refractivity contribution in [1.29, 1.82) is 0 Å². The van der Waals surface area contributed by atoms with Crippen molar-refractivity contribution < 1.29 is 79.8 Å². The van der Waals surface area contributed by atoms with Crippen LogP contribution in [-0.4, -0.2) is 58.5 Å². The van der Waals surface area contributed by atoms with Crippen molar-refractivity contribution in [3.8, 4) is 0 Å². The first-order chi connectivity index (χ1) is 21.3. The Labute approximate surface area is 259 Å².